The molecule has 6 nitrogen and oxygen atoms in total. The number of hydrogen-bond acceptors (Lipinski definition) is 6. The number of aromatic nitrogens is 2. The predicted octanol–water partition coefficient (Wildman–Crippen LogP) is 1.87. The predicted molar refractivity (Wildman–Crippen MR) is 84.1 cm³/mol. The molecule has 1 aliphatic rings. The molecule has 0 spiro atoms. The molecular weight excluding hydrogens is 294 g/mol. The number of esters is 1. The van der Waals surface area contributed by atoms with Gasteiger partial charge in [-0.3, -0.25) is 4.79 Å². The fraction of sp³-hybridized carbons (Fsp3) is 0.294. The SMILES string of the molecule is O=C(COC(=O)[C@@H]1CCCN1c1ncccn1)c1ccccc1. The molecule has 1 saturated heterocycles. The highest BCUT2D eigenvalue weighted by Crippen LogP contribution is 2.22. The Bertz CT molecular complexity index is 676. The van der Waals surface area contributed by atoms with E-state index < -0.39 is 12.0 Å². The monoisotopic (exact) mass is 311 g/mol. The molecular formula is C17H17N3O3. The molecule has 0 amide bonds. The standard InChI is InChI=1S/C17H17N3O3/c21-15(13-6-2-1-3-7-13)12-23-16(22)14-8-4-11-20(14)17-18-9-5-10-19-17/h1-3,5-7,9-10,14H,4,8,11-12H2/t14-/m0/s1. The fourth-order valence-corrected chi connectivity index (χ4v) is 2.63. The van der Waals surface area contributed by atoms with Gasteiger partial charge < -0.3 is 9.64 Å². The van der Waals surface area contributed by atoms with Crippen molar-refractivity contribution in [2.24, 2.45) is 0 Å². The Morgan fingerprint density at radius 3 is 2.61 bits per heavy atom. The van der Waals surface area contributed by atoms with Crippen molar-refractivity contribution in [2.75, 3.05) is 18.1 Å². The average molecular weight is 311 g/mol. The van der Waals surface area contributed by atoms with Gasteiger partial charge in [-0.15, -0.1) is 0 Å². The highest BCUT2D eigenvalue weighted by atomic mass is 16.5. The molecule has 118 valence electrons. The van der Waals surface area contributed by atoms with Crippen molar-refractivity contribution in [3.8, 4) is 0 Å². The van der Waals surface area contributed by atoms with Crippen LogP contribution < -0.4 is 4.90 Å². The van der Waals surface area contributed by atoms with E-state index in [9.17, 15) is 9.59 Å². The molecule has 0 saturated carbocycles. The Balaban J connectivity index is 1.60. The molecule has 6 heteroatoms. The molecule has 1 aromatic carbocycles. The summed E-state index contributed by atoms with van der Waals surface area (Å²) < 4.78 is 5.21. The molecule has 0 unspecified atom stereocenters. The molecule has 3 rings (SSSR count). The summed E-state index contributed by atoms with van der Waals surface area (Å²) in [5.74, 6) is -0.0972. The molecule has 2 aromatic rings. The lowest BCUT2D eigenvalue weighted by atomic mass is 10.1. The second kappa shape index (κ2) is 7.00. The number of anilines is 1. The number of Topliss-reactive ketones (excluding diaryl/α,β-unsaturated/α-hetero) is 1. The van der Waals surface area contributed by atoms with Crippen LogP contribution in [0.4, 0.5) is 5.95 Å². The molecule has 0 bridgehead atoms. The second-order valence-corrected chi connectivity index (χ2v) is 5.30. The number of carbonyl (C=O) groups is 2. The van der Waals surface area contributed by atoms with Gasteiger partial charge in [0.15, 0.2) is 12.4 Å². The van der Waals surface area contributed by atoms with Gasteiger partial charge in [0, 0.05) is 24.5 Å². The third kappa shape index (κ3) is 3.53. The van der Waals surface area contributed by atoms with Gasteiger partial charge in [-0.2, -0.15) is 0 Å². The van der Waals surface area contributed by atoms with Crippen molar-refractivity contribution < 1.29 is 14.3 Å². The van der Waals surface area contributed by atoms with E-state index in [2.05, 4.69) is 9.97 Å². The highest BCUT2D eigenvalue weighted by molar-refractivity contribution is 5.98. The number of carbonyl (C=O) groups excluding carboxylic acids is 2. The summed E-state index contributed by atoms with van der Waals surface area (Å²) in [7, 11) is 0. The number of rotatable bonds is 5. The summed E-state index contributed by atoms with van der Waals surface area (Å²) in [4.78, 5) is 34.5. The third-order valence-electron chi connectivity index (χ3n) is 3.78. The Hall–Kier alpha value is -2.76. The van der Waals surface area contributed by atoms with Crippen LogP contribution in [0.15, 0.2) is 48.8 Å². The van der Waals surface area contributed by atoms with Crippen molar-refractivity contribution in [3.63, 3.8) is 0 Å². The summed E-state index contributed by atoms with van der Waals surface area (Å²) in [6, 6.07) is 10.1. The summed E-state index contributed by atoms with van der Waals surface area (Å²) in [6.07, 6.45) is 4.82. The van der Waals surface area contributed by atoms with Gasteiger partial charge in [0.05, 0.1) is 0 Å². The van der Waals surface area contributed by atoms with Gasteiger partial charge in [-0.25, -0.2) is 14.8 Å². The van der Waals surface area contributed by atoms with Crippen LogP contribution >= 0.6 is 0 Å². The molecule has 1 aromatic heterocycles. The van der Waals surface area contributed by atoms with Crippen LogP contribution in [0.3, 0.4) is 0 Å². The summed E-state index contributed by atoms with van der Waals surface area (Å²) >= 11 is 0. The Morgan fingerprint density at radius 1 is 1.13 bits per heavy atom. The lowest BCUT2D eigenvalue weighted by Gasteiger charge is -2.22. The minimum absolute atomic E-state index is 0.209. The van der Waals surface area contributed by atoms with Gasteiger partial charge in [-0.1, -0.05) is 30.3 Å². The van der Waals surface area contributed by atoms with Crippen LogP contribution in [-0.4, -0.2) is 40.9 Å². The van der Waals surface area contributed by atoms with Crippen molar-refractivity contribution >= 4 is 17.7 Å². The number of ether oxygens (including phenoxy) is 1. The first-order valence-electron chi connectivity index (χ1n) is 7.54. The van der Waals surface area contributed by atoms with Crippen LogP contribution in [-0.2, 0) is 9.53 Å². The fourth-order valence-electron chi connectivity index (χ4n) is 2.63. The molecule has 1 atom stereocenters. The zero-order valence-electron chi connectivity index (χ0n) is 12.6. The van der Waals surface area contributed by atoms with Gasteiger partial charge in [-0.05, 0) is 18.9 Å². The first kappa shape index (κ1) is 15.1. The second-order valence-electron chi connectivity index (χ2n) is 5.30. The van der Waals surface area contributed by atoms with Crippen LogP contribution in [0.5, 0.6) is 0 Å². The van der Waals surface area contributed by atoms with E-state index in [1.807, 2.05) is 11.0 Å². The molecule has 0 radical (unpaired) electrons. The Morgan fingerprint density at radius 2 is 1.87 bits per heavy atom. The van der Waals surface area contributed by atoms with Crippen molar-refractivity contribution in [1.82, 2.24) is 9.97 Å². The normalized spacial score (nSPS) is 17.0. The summed E-state index contributed by atoms with van der Waals surface area (Å²) in [5.41, 5.74) is 0.537. The summed E-state index contributed by atoms with van der Waals surface area (Å²) in [6.45, 7) is 0.458. The lowest BCUT2D eigenvalue weighted by Crippen LogP contribution is -2.39. The smallest absolute Gasteiger partial charge is 0.329 e. The largest absolute Gasteiger partial charge is 0.456 e. The Kier molecular flexibility index (Phi) is 4.61. The maximum Gasteiger partial charge on any atom is 0.329 e. The number of ketones is 1. The first-order chi connectivity index (χ1) is 11.3. The molecule has 2 heterocycles. The lowest BCUT2D eigenvalue weighted by molar-refractivity contribution is -0.143. The van der Waals surface area contributed by atoms with Crippen LogP contribution in [0.1, 0.15) is 23.2 Å². The molecule has 23 heavy (non-hydrogen) atoms. The maximum absolute atomic E-state index is 12.3. The number of nitrogens with zero attached hydrogens (tertiary/aromatic N) is 3. The van der Waals surface area contributed by atoms with Crippen molar-refractivity contribution in [3.05, 3.63) is 54.4 Å². The van der Waals surface area contributed by atoms with E-state index in [4.69, 9.17) is 4.74 Å². The van der Waals surface area contributed by atoms with Crippen molar-refractivity contribution in [1.29, 1.82) is 0 Å². The van der Waals surface area contributed by atoms with E-state index in [-0.39, 0.29) is 12.4 Å². The van der Waals surface area contributed by atoms with Gasteiger partial charge >= 0.3 is 5.97 Å². The van der Waals surface area contributed by atoms with Crippen LogP contribution in [0.25, 0.3) is 0 Å². The topological polar surface area (TPSA) is 72.4 Å². The van der Waals surface area contributed by atoms with E-state index >= 15 is 0 Å². The molecule has 0 N–H and O–H groups in total. The van der Waals surface area contributed by atoms with Crippen molar-refractivity contribution in [2.45, 2.75) is 18.9 Å². The summed E-state index contributed by atoms with van der Waals surface area (Å²) in [5, 5.41) is 0. The number of hydrogen-bond donors (Lipinski definition) is 0. The first-order valence-corrected chi connectivity index (χ1v) is 7.54. The minimum Gasteiger partial charge on any atom is -0.456 e. The van der Waals surface area contributed by atoms with E-state index in [0.29, 0.717) is 24.5 Å². The number of benzene rings is 1. The molecule has 0 aliphatic carbocycles. The quantitative estimate of drug-likeness (QED) is 0.620. The van der Waals surface area contributed by atoms with E-state index in [0.717, 1.165) is 6.42 Å². The minimum atomic E-state index is -0.430. The van der Waals surface area contributed by atoms with E-state index in [1.165, 1.54) is 0 Å². The highest BCUT2D eigenvalue weighted by Gasteiger charge is 2.33. The van der Waals surface area contributed by atoms with E-state index in [1.54, 1.807) is 42.7 Å². The van der Waals surface area contributed by atoms with Gasteiger partial charge in [0.2, 0.25) is 5.95 Å². The maximum atomic E-state index is 12.3. The van der Waals surface area contributed by atoms with Gasteiger partial charge in [0.1, 0.15) is 6.04 Å². The van der Waals surface area contributed by atoms with Crippen LogP contribution in [0, 0.1) is 0 Å². The average Bonchev–Trinajstić information content (AvgIpc) is 3.11. The molecule has 1 fully saturated rings. The van der Waals surface area contributed by atoms with Gasteiger partial charge in [0.25, 0.3) is 0 Å². The zero-order chi connectivity index (χ0) is 16.1. The zero-order valence-corrected chi connectivity index (χ0v) is 12.6. The Labute approximate surface area is 134 Å². The molecule has 1 aliphatic heterocycles. The van der Waals surface area contributed by atoms with Crippen LogP contribution in [0.2, 0.25) is 0 Å². The third-order valence-corrected chi connectivity index (χ3v) is 3.78.